The first-order valence-electron chi connectivity index (χ1n) is 18.1. The van der Waals surface area contributed by atoms with Crippen LogP contribution in [0.5, 0.6) is 0 Å². The fraction of sp³-hybridized carbons (Fsp3) is 0.308. The Hall–Kier alpha value is -6.09. The smallest absolute Gasteiger partial charge is 0.262 e. The zero-order valence-corrected chi connectivity index (χ0v) is 29.1. The number of hydrogen-bond donors (Lipinski definition) is 1. The van der Waals surface area contributed by atoms with Gasteiger partial charge in [0.15, 0.2) is 5.65 Å². The Morgan fingerprint density at radius 2 is 1.59 bits per heavy atom. The molecule has 0 saturated carbocycles. The lowest BCUT2D eigenvalue weighted by molar-refractivity contribution is -0.136. The number of anilines is 2. The van der Waals surface area contributed by atoms with Crippen LogP contribution in [-0.2, 0) is 16.1 Å². The average Bonchev–Trinajstić information content (AvgIpc) is 3.89. The summed E-state index contributed by atoms with van der Waals surface area (Å²) in [5, 5.41) is 7.15. The number of hydrogen-bond acceptors (Lipinski definition) is 10. The first kappa shape index (κ1) is 33.7. The van der Waals surface area contributed by atoms with Crippen LogP contribution in [0, 0.1) is 11.6 Å². The van der Waals surface area contributed by atoms with Gasteiger partial charge in [0.2, 0.25) is 11.8 Å². The van der Waals surface area contributed by atoms with Crippen molar-refractivity contribution in [1.29, 1.82) is 0 Å². The molecule has 3 saturated heterocycles. The number of piperazine rings is 1. The lowest BCUT2D eigenvalue weighted by Crippen LogP contribution is -2.54. The summed E-state index contributed by atoms with van der Waals surface area (Å²) in [7, 11) is 0. The van der Waals surface area contributed by atoms with Crippen LogP contribution in [0.4, 0.5) is 20.4 Å². The first-order valence-corrected chi connectivity index (χ1v) is 18.1. The van der Waals surface area contributed by atoms with E-state index in [9.17, 15) is 23.6 Å². The summed E-state index contributed by atoms with van der Waals surface area (Å²) in [6.07, 6.45) is 3.68. The van der Waals surface area contributed by atoms with Gasteiger partial charge < -0.3 is 9.80 Å². The molecular formula is C39H35F2N9O4. The summed E-state index contributed by atoms with van der Waals surface area (Å²) >= 11 is 0. The van der Waals surface area contributed by atoms with Gasteiger partial charge in [-0.1, -0.05) is 18.2 Å². The third kappa shape index (κ3) is 5.93. The van der Waals surface area contributed by atoms with Crippen molar-refractivity contribution in [2.24, 2.45) is 0 Å². The van der Waals surface area contributed by atoms with Crippen LogP contribution < -0.4 is 15.1 Å². The van der Waals surface area contributed by atoms with Gasteiger partial charge in [0.25, 0.3) is 11.8 Å². The van der Waals surface area contributed by atoms with Gasteiger partial charge >= 0.3 is 0 Å². The number of pyridine rings is 1. The van der Waals surface area contributed by atoms with Crippen molar-refractivity contribution in [3.05, 3.63) is 107 Å². The molecule has 4 aliphatic heterocycles. The Bertz CT molecular complexity index is 2360. The maximum atomic E-state index is 15.4. The van der Waals surface area contributed by atoms with Gasteiger partial charge in [0.05, 0.1) is 29.1 Å². The van der Waals surface area contributed by atoms with Gasteiger partial charge in [-0.2, -0.15) is 0 Å². The number of imidazole rings is 1. The molecule has 13 nitrogen and oxygen atoms in total. The van der Waals surface area contributed by atoms with Crippen molar-refractivity contribution >= 4 is 40.9 Å². The zero-order valence-electron chi connectivity index (χ0n) is 29.1. The van der Waals surface area contributed by atoms with E-state index < -0.39 is 35.5 Å². The minimum absolute atomic E-state index is 0.00742. The number of nitrogens with zero attached hydrogens (tertiary/aromatic N) is 8. The Morgan fingerprint density at radius 1 is 0.796 bits per heavy atom. The lowest BCUT2D eigenvalue weighted by Gasteiger charge is -2.35. The molecule has 15 heteroatoms. The van der Waals surface area contributed by atoms with Crippen LogP contribution in [-0.4, -0.2) is 91.8 Å². The molecule has 2 atom stereocenters. The number of piperidine rings is 1. The van der Waals surface area contributed by atoms with Crippen molar-refractivity contribution in [3.63, 3.8) is 0 Å². The second kappa shape index (κ2) is 13.4. The third-order valence-electron chi connectivity index (χ3n) is 10.8. The molecule has 1 unspecified atom stereocenters. The van der Waals surface area contributed by atoms with E-state index in [1.807, 2.05) is 36.4 Å². The first-order chi connectivity index (χ1) is 26.2. The summed E-state index contributed by atoms with van der Waals surface area (Å²) in [6.45, 7) is 3.48. The van der Waals surface area contributed by atoms with E-state index in [0.717, 1.165) is 53.2 Å². The topological polar surface area (TPSA) is 136 Å². The fourth-order valence-corrected chi connectivity index (χ4v) is 8.07. The molecule has 7 heterocycles. The van der Waals surface area contributed by atoms with Crippen molar-refractivity contribution < 1.29 is 28.0 Å². The summed E-state index contributed by atoms with van der Waals surface area (Å²) in [6, 6.07) is 17.9. The van der Waals surface area contributed by atoms with Gasteiger partial charge in [-0.25, -0.2) is 23.3 Å². The van der Waals surface area contributed by atoms with E-state index in [0.29, 0.717) is 37.5 Å². The highest BCUT2D eigenvalue weighted by molar-refractivity contribution is 6.23. The van der Waals surface area contributed by atoms with Crippen LogP contribution in [0.1, 0.15) is 63.6 Å². The van der Waals surface area contributed by atoms with Gasteiger partial charge in [0, 0.05) is 51.3 Å². The van der Waals surface area contributed by atoms with E-state index in [-0.39, 0.29) is 47.9 Å². The van der Waals surface area contributed by atoms with Crippen LogP contribution in [0.3, 0.4) is 0 Å². The standard InChI is InChI=1S/C39H35F2N9O4/c40-25-5-1-4-23(18-25)30-7-3-13-48(30)35-11-10-33-42-21-32(50(33)45-35)29-6-2-8-34(43-29)47-16-14-46(15-17-47)22-24-19-26-27(20-28(24)41)39(54)49(38(26)53)31-9-12-36(51)44-37(31)52/h1-2,4-6,8,10-11,18-21,30-31H,3,7,9,12-17,22H2,(H,44,51,52)/t30-,31?/m1/s1. The minimum Gasteiger partial charge on any atom is -0.354 e. The molecule has 3 aromatic heterocycles. The predicted octanol–water partition coefficient (Wildman–Crippen LogP) is 4.13. The number of benzene rings is 2. The maximum absolute atomic E-state index is 15.4. The van der Waals surface area contributed by atoms with Gasteiger partial charge in [-0.05, 0) is 73.4 Å². The van der Waals surface area contributed by atoms with Crippen molar-refractivity contribution in [1.82, 2.24) is 34.7 Å². The van der Waals surface area contributed by atoms with E-state index in [1.54, 1.807) is 22.8 Å². The second-order valence-electron chi connectivity index (χ2n) is 14.1. The van der Waals surface area contributed by atoms with E-state index in [4.69, 9.17) is 10.1 Å². The summed E-state index contributed by atoms with van der Waals surface area (Å²) in [5.41, 5.74) is 3.32. The monoisotopic (exact) mass is 731 g/mol. The number of halogens is 2. The quantitative estimate of drug-likeness (QED) is 0.244. The molecule has 0 spiro atoms. The van der Waals surface area contributed by atoms with Gasteiger partial charge in [0.1, 0.15) is 35.0 Å². The molecule has 4 amide bonds. The number of amides is 4. The number of nitrogens with one attached hydrogen (secondary N) is 1. The Balaban J connectivity index is 0.884. The SMILES string of the molecule is O=C1CCC(N2C(=O)c3cc(F)c(CN4CCN(c5cccc(-c6cnc7ccc(N8CCC[C@@H]8c8cccc(F)c8)nn67)n5)CC4)cc3C2=O)C(=O)N1. The lowest BCUT2D eigenvalue weighted by atomic mass is 10.0. The molecule has 3 fully saturated rings. The minimum atomic E-state index is -1.11. The van der Waals surface area contributed by atoms with Crippen LogP contribution in [0.25, 0.3) is 17.0 Å². The van der Waals surface area contributed by atoms with Crippen molar-refractivity contribution in [2.45, 2.75) is 44.3 Å². The summed E-state index contributed by atoms with van der Waals surface area (Å²) < 4.78 is 31.2. The number of carbonyl (C=O) groups is 4. The number of aromatic nitrogens is 4. The van der Waals surface area contributed by atoms with E-state index >= 15 is 4.39 Å². The Morgan fingerprint density at radius 3 is 2.39 bits per heavy atom. The Labute approximate surface area is 308 Å². The molecule has 274 valence electrons. The predicted molar refractivity (Wildman–Crippen MR) is 193 cm³/mol. The molecular weight excluding hydrogens is 696 g/mol. The number of rotatable bonds is 7. The summed E-state index contributed by atoms with van der Waals surface area (Å²) in [5.74, 6) is -1.86. The Kier molecular flexibility index (Phi) is 8.37. The molecule has 54 heavy (non-hydrogen) atoms. The van der Waals surface area contributed by atoms with E-state index in [1.165, 1.54) is 12.1 Å². The summed E-state index contributed by atoms with van der Waals surface area (Å²) in [4.78, 5) is 67.3. The molecule has 0 aliphatic carbocycles. The van der Waals surface area contributed by atoms with Crippen LogP contribution in [0.2, 0.25) is 0 Å². The highest BCUT2D eigenvalue weighted by atomic mass is 19.1. The third-order valence-corrected chi connectivity index (χ3v) is 10.8. The zero-order chi connectivity index (χ0) is 37.1. The van der Waals surface area contributed by atoms with E-state index in [2.05, 4.69) is 25.0 Å². The highest BCUT2D eigenvalue weighted by Crippen LogP contribution is 2.36. The normalized spacial score (nSPS) is 20.7. The molecule has 1 N–H and O–H groups in total. The number of carbonyl (C=O) groups excluding carboxylic acids is 4. The highest BCUT2D eigenvalue weighted by Gasteiger charge is 2.45. The molecule has 4 aliphatic rings. The second-order valence-corrected chi connectivity index (χ2v) is 14.1. The van der Waals surface area contributed by atoms with Crippen molar-refractivity contribution in [2.75, 3.05) is 42.5 Å². The molecule has 0 bridgehead atoms. The molecule has 2 aromatic carbocycles. The van der Waals surface area contributed by atoms with Crippen molar-refractivity contribution in [3.8, 4) is 11.4 Å². The largest absolute Gasteiger partial charge is 0.354 e. The van der Waals surface area contributed by atoms with Crippen LogP contribution in [0.15, 0.2) is 72.9 Å². The van der Waals surface area contributed by atoms with Gasteiger partial charge in [-0.15, -0.1) is 5.10 Å². The number of imide groups is 2. The maximum Gasteiger partial charge on any atom is 0.262 e. The number of fused-ring (bicyclic) bond motifs is 2. The average molecular weight is 732 g/mol. The van der Waals surface area contributed by atoms with Crippen LogP contribution >= 0.6 is 0 Å². The fourth-order valence-electron chi connectivity index (χ4n) is 8.07. The van der Waals surface area contributed by atoms with Gasteiger partial charge in [-0.3, -0.25) is 34.3 Å². The molecule has 9 rings (SSSR count). The molecule has 0 radical (unpaired) electrons. The molecule has 5 aromatic rings.